The Bertz CT molecular complexity index is 2050. The second kappa shape index (κ2) is 14.4. The number of fused-ring (bicyclic) bond motifs is 1. The molecule has 0 aliphatic heterocycles. The van der Waals surface area contributed by atoms with Crippen LogP contribution in [0, 0.1) is 11.3 Å². The topological polar surface area (TPSA) is 249 Å². The smallest absolute Gasteiger partial charge is 0.417 e. The van der Waals surface area contributed by atoms with Crippen molar-refractivity contribution in [3.8, 4) is 29.1 Å². The molecule has 0 fully saturated rings. The van der Waals surface area contributed by atoms with E-state index in [9.17, 15) is 50.9 Å². The first-order chi connectivity index (χ1) is 22.4. The Labute approximate surface area is 274 Å². The zero-order valence-corrected chi connectivity index (χ0v) is 26.8. The molecule has 48 heavy (non-hydrogen) atoms. The number of halogens is 3. The molecule has 3 aromatic carbocycles. The van der Waals surface area contributed by atoms with E-state index >= 15 is 0 Å². The molecule has 1 heterocycles. The number of hydrogen-bond donors (Lipinski definition) is 5. The lowest BCUT2D eigenvalue weighted by molar-refractivity contribution is -0.370. The number of rotatable bonds is 13. The summed E-state index contributed by atoms with van der Waals surface area (Å²) in [5, 5.41) is 30.9. The Morgan fingerprint density at radius 1 is 1.04 bits per heavy atom. The molecule has 0 aliphatic carbocycles. The molecule has 1 aromatic heterocycles. The maximum absolute atomic E-state index is 13.5. The number of hydrogen-bond acceptors (Lipinski definition) is 12. The average Bonchev–Trinajstić information content (AvgIpc) is 3.44. The predicted octanol–water partition coefficient (Wildman–Crippen LogP) is 1.52. The number of nitrogens with one attached hydrogen (secondary N) is 2. The number of carbonyl (C=O) groups is 1. The van der Waals surface area contributed by atoms with Crippen LogP contribution in [0.25, 0.3) is 10.1 Å². The fraction of sp³-hybridized carbons (Fsp3) is 0.214. The lowest BCUT2D eigenvalue weighted by atomic mass is 10.0. The Balaban J connectivity index is 1.58. The number of quaternary nitrogens is 1. The van der Waals surface area contributed by atoms with Crippen molar-refractivity contribution in [3.05, 3.63) is 76.9 Å². The summed E-state index contributed by atoms with van der Waals surface area (Å²) in [7, 11) is -10.8. The van der Waals surface area contributed by atoms with Gasteiger partial charge < -0.3 is 45.1 Å². The normalized spacial score (nSPS) is 12.8. The molecule has 14 nitrogen and oxygen atoms in total. The van der Waals surface area contributed by atoms with Crippen molar-refractivity contribution in [1.82, 2.24) is 10.0 Å². The van der Waals surface area contributed by atoms with Gasteiger partial charge in [-0.05, 0) is 61.0 Å². The minimum absolute atomic E-state index is 0.0293. The van der Waals surface area contributed by atoms with Crippen LogP contribution in [0.3, 0.4) is 0 Å². The van der Waals surface area contributed by atoms with Gasteiger partial charge in [-0.15, -0.1) is 11.3 Å². The number of carbonyl (C=O) groups excluding carboxylic acids is 1. The first-order valence-electron chi connectivity index (χ1n) is 13.5. The number of sulfonamides is 1. The molecule has 0 bridgehead atoms. The van der Waals surface area contributed by atoms with Crippen LogP contribution >= 0.6 is 18.9 Å². The number of aromatic hydroxyl groups is 2. The molecule has 256 valence electrons. The summed E-state index contributed by atoms with van der Waals surface area (Å²) in [6, 6.07) is 10.4. The van der Waals surface area contributed by atoms with Gasteiger partial charge in [-0.1, -0.05) is 6.07 Å². The Morgan fingerprint density at radius 3 is 2.35 bits per heavy atom. The largest absolute Gasteiger partial charge is 0.809 e. The SMILES string of the molecule is N#Cc1ccc(C(NS(=O)(=O)c2cc3cc(OCC[NH3+])c(OCCNC(=O)c4ccc(O)c(O)c4)cc3s2)P(=O)([O-])[O-])cc1C(F)(F)F. The number of amides is 1. The monoisotopic (exact) mass is 729 g/mol. The van der Waals surface area contributed by atoms with E-state index in [0.29, 0.717) is 23.9 Å². The molecule has 20 heteroatoms. The highest BCUT2D eigenvalue weighted by Gasteiger charge is 2.35. The maximum Gasteiger partial charge on any atom is 0.417 e. The summed E-state index contributed by atoms with van der Waals surface area (Å²) in [6.45, 7) is 0.346. The number of nitriles is 1. The molecule has 4 aromatic rings. The second-order valence-electron chi connectivity index (χ2n) is 9.89. The molecule has 0 aliphatic rings. The number of ether oxygens (including phenoxy) is 2. The Hall–Kier alpha value is -4.41. The van der Waals surface area contributed by atoms with Crippen molar-refractivity contribution in [2.45, 2.75) is 16.2 Å². The van der Waals surface area contributed by atoms with Crippen LogP contribution in [0.5, 0.6) is 23.0 Å². The van der Waals surface area contributed by atoms with Crippen molar-refractivity contribution >= 4 is 44.9 Å². The fourth-order valence-electron chi connectivity index (χ4n) is 4.24. The highest BCUT2D eigenvalue weighted by atomic mass is 32.2. The summed E-state index contributed by atoms with van der Waals surface area (Å²) in [6.07, 6.45) is -5.11. The number of benzene rings is 3. The van der Waals surface area contributed by atoms with Gasteiger partial charge in [0.1, 0.15) is 24.0 Å². The third-order valence-electron chi connectivity index (χ3n) is 6.48. The number of nitrogens with zero attached hydrogens (tertiary/aromatic N) is 1. The van der Waals surface area contributed by atoms with Crippen molar-refractivity contribution in [1.29, 1.82) is 5.26 Å². The minimum atomic E-state index is -5.96. The molecule has 0 radical (unpaired) electrons. The van der Waals surface area contributed by atoms with Crippen LogP contribution in [0.15, 0.2) is 58.8 Å². The average molecular weight is 730 g/mol. The maximum atomic E-state index is 13.5. The molecule has 7 N–H and O–H groups in total. The van der Waals surface area contributed by atoms with E-state index in [-0.39, 0.29) is 53.0 Å². The zero-order valence-electron chi connectivity index (χ0n) is 24.3. The van der Waals surface area contributed by atoms with Crippen molar-refractivity contribution < 1.29 is 66.2 Å². The van der Waals surface area contributed by atoms with E-state index in [1.807, 2.05) is 0 Å². The van der Waals surface area contributed by atoms with Crippen molar-refractivity contribution in [2.75, 3.05) is 26.3 Å². The minimum Gasteiger partial charge on any atom is -0.809 e. The van der Waals surface area contributed by atoms with Gasteiger partial charge in [0.05, 0.1) is 29.5 Å². The standard InChI is InChI=1S/C28H26F3N4O10PS2/c29-28(30,31)19-9-16(1-2-17(19)14-33)27(46(39,40)41)35-48(42,43)25-12-18-11-22(44-7-5-32)23(13-24(18)47-25)45-8-6-34-26(38)15-3-4-20(36)21(37)10-15/h1-4,9-13,27,35-37H,5-8,32H2,(H,34,38)(H2,39,40,41)/p-1. The van der Waals surface area contributed by atoms with E-state index in [2.05, 4.69) is 11.1 Å². The Morgan fingerprint density at radius 2 is 1.73 bits per heavy atom. The van der Waals surface area contributed by atoms with Gasteiger partial charge in [0.15, 0.2) is 23.0 Å². The number of alkyl halides is 3. The summed E-state index contributed by atoms with van der Waals surface area (Å²) in [5.41, 5.74) is 0.496. The lowest BCUT2D eigenvalue weighted by Crippen LogP contribution is -2.52. The summed E-state index contributed by atoms with van der Waals surface area (Å²) >= 11 is 0.627. The van der Waals surface area contributed by atoms with Crippen molar-refractivity contribution in [2.24, 2.45) is 0 Å². The fourth-order valence-corrected chi connectivity index (χ4v) is 8.18. The molecular weight excluding hydrogens is 704 g/mol. The number of phenols is 2. The van der Waals surface area contributed by atoms with Crippen molar-refractivity contribution in [3.63, 3.8) is 0 Å². The number of phenolic OH excluding ortho intramolecular Hbond substituents is 2. The Kier molecular flexibility index (Phi) is 10.9. The summed E-state index contributed by atoms with van der Waals surface area (Å²) < 4.78 is 92.1. The van der Waals surface area contributed by atoms with Crippen LogP contribution < -0.4 is 35.0 Å². The van der Waals surface area contributed by atoms with E-state index in [4.69, 9.17) is 14.7 Å². The molecular formula is C28H25F3N4O10PS2-. The molecule has 0 saturated heterocycles. The zero-order chi connectivity index (χ0) is 35.4. The molecule has 1 atom stereocenters. The predicted molar refractivity (Wildman–Crippen MR) is 160 cm³/mol. The third kappa shape index (κ3) is 8.54. The van der Waals surface area contributed by atoms with E-state index < -0.39 is 67.9 Å². The van der Waals surface area contributed by atoms with E-state index in [0.717, 1.165) is 24.3 Å². The van der Waals surface area contributed by atoms with E-state index in [1.165, 1.54) is 24.3 Å². The van der Waals surface area contributed by atoms with Gasteiger partial charge in [-0.3, -0.25) is 4.79 Å². The van der Waals surface area contributed by atoms with Crippen LogP contribution in [-0.2, 0) is 20.8 Å². The first-order valence-corrected chi connectivity index (χ1v) is 17.4. The highest BCUT2D eigenvalue weighted by Crippen LogP contribution is 2.46. The van der Waals surface area contributed by atoms with Gasteiger partial charge >= 0.3 is 6.18 Å². The molecule has 0 saturated carbocycles. The second-order valence-corrected chi connectivity index (χ2v) is 14.5. The molecule has 1 amide bonds. The van der Waals surface area contributed by atoms with E-state index in [1.54, 1.807) is 4.72 Å². The highest BCUT2D eigenvalue weighted by molar-refractivity contribution is 7.92. The van der Waals surface area contributed by atoms with Gasteiger partial charge in [-0.2, -0.15) is 23.2 Å². The quantitative estimate of drug-likeness (QED) is 0.0750. The molecule has 0 spiro atoms. The van der Waals surface area contributed by atoms with Gasteiger partial charge in [0, 0.05) is 16.3 Å². The van der Waals surface area contributed by atoms with Gasteiger partial charge in [0.2, 0.25) is 0 Å². The molecule has 1 unspecified atom stereocenters. The van der Waals surface area contributed by atoms with Crippen LogP contribution in [-0.4, -0.2) is 50.8 Å². The van der Waals surface area contributed by atoms with Crippen LogP contribution in [0.2, 0.25) is 0 Å². The van der Waals surface area contributed by atoms with Crippen LogP contribution in [0.1, 0.15) is 32.8 Å². The number of thiophene rings is 1. The van der Waals surface area contributed by atoms with Crippen LogP contribution in [0.4, 0.5) is 13.2 Å². The first kappa shape index (κ1) is 36.4. The van der Waals surface area contributed by atoms with Gasteiger partial charge in [-0.25, -0.2) is 8.42 Å². The molecule has 4 rings (SSSR count). The lowest BCUT2D eigenvalue weighted by Gasteiger charge is -2.38. The summed E-state index contributed by atoms with van der Waals surface area (Å²) in [5.74, 6) is -3.81. The summed E-state index contributed by atoms with van der Waals surface area (Å²) in [4.78, 5) is 36.6. The van der Waals surface area contributed by atoms with Gasteiger partial charge in [0.25, 0.3) is 15.9 Å². The third-order valence-corrected chi connectivity index (χ3v) is 10.7.